The van der Waals surface area contributed by atoms with Crippen molar-refractivity contribution in [2.24, 2.45) is 0 Å². The van der Waals surface area contributed by atoms with Gasteiger partial charge in [0, 0.05) is 12.1 Å². The Morgan fingerprint density at radius 2 is 1.63 bits per heavy atom. The number of ether oxygens (including phenoxy) is 2. The van der Waals surface area contributed by atoms with E-state index in [-0.39, 0.29) is 11.5 Å². The van der Waals surface area contributed by atoms with Gasteiger partial charge in [-0.15, -0.1) is 0 Å². The van der Waals surface area contributed by atoms with Crippen molar-refractivity contribution in [3.8, 4) is 11.5 Å². The van der Waals surface area contributed by atoms with Gasteiger partial charge in [0.1, 0.15) is 0 Å². The van der Waals surface area contributed by atoms with Crippen LogP contribution in [-0.4, -0.2) is 31.6 Å². The zero-order chi connectivity index (χ0) is 21.3. The Morgan fingerprint density at radius 3 is 2.30 bits per heavy atom. The monoisotopic (exact) mass is 409 g/mol. The Labute approximate surface area is 173 Å². The number of benzene rings is 3. The Bertz CT molecular complexity index is 1090. The van der Waals surface area contributed by atoms with E-state index in [2.05, 4.69) is 0 Å². The maximum Gasteiger partial charge on any atom is 0.254 e. The van der Waals surface area contributed by atoms with Crippen LogP contribution in [0.15, 0.2) is 60.7 Å². The quantitative estimate of drug-likeness (QED) is 0.623. The Morgan fingerprint density at radius 1 is 0.933 bits per heavy atom. The van der Waals surface area contributed by atoms with Gasteiger partial charge in [0.2, 0.25) is 0 Å². The van der Waals surface area contributed by atoms with Crippen molar-refractivity contribution in [1.82, 2.24) is 4.90 Å². The first kappa shape index (κ1) is 19.9. The van der Waals surface area contributed by atoms with Crippen LogP contribution in [-0.2, 0) is 6.42 Å². The lowest BCUT2D eigenvalue weighted by Gasteiger charge is -2.38. The molecule has 30 heavy (non-hydrogen) atoms. The fourth-order valence-electron chi connectivity index (χ4n) is 3.95. The van der Waals surface area contributed by atoms with Crippen molar-refractivity contribution in [2.75, 3.05) is 20.8 Å². The highest BCUT2D eigenvalue weighted by atomic mass is 19.2. The molecule has 0 radical (unpaired) electrons. The molecule has 1 amide bonds. The molecule has 4 rings (SSSR count). The topological polar surface area (TPSA) is 38.8 Å². The van der Waals surface area contributed by atoms with Crippen molar-refractivity contribution in [1.29, 1.82) is 0 Å². The zero-order valence-electron chi connectivity index (χ0n) is 16.7. The molecule has 1 aliphatic rings. The minimum absolute atomic E-state index is 0.110. The zero-order valence-corrected chi connectivity index (χ0v) is 16.7. The van der Waals surface area contributed by atoms with Gasteiger partial charge in [0.15, 0.2) is 23.1 Å². The summed E-state index contributed by atoms with van der Waals surface area (Å²) in [5, 5.41) is 0. The van der Waals surface area contributed by atoms with Crippen molar-refractivity contribution >= 4 is 5.91 Å². The molecule has 3 aromatic carbocycles. The number of hydrogen-bond acceptors (Lipinski definition) is 3. The van der Waals surface area contributed by atoms with Gasteiger partial charge in [-0.3, -0.25) is 4.79 Å². The Hall–Kier alpha value is -3.41. The summed E-state index contributed by atoms with van der Waals surface area (Å²) in [5.74, 6) is -1.18. The summed E-state index contributed by atoms with van der Waals surface area (Å²) in [6, 6.07) is 16.3. The number of halogens is 2. The van der Waals surface area contributed by atoms with Crippen LogP contribution in [0, 0.1) is 11.6 Å². The molecule has 0 N–H and O–H groups in total. The van der Waals surface area contributed by atoms with Gasteiger partial charge in [-0.2, -0.15) is 0 Å². The fraction of sp³-hybridized carbons (Fsp3) is 0.208. The average molecular weight is 409 g/mol. The van der Waals surface area contributed by atoms with E-state index in [1.807, 2.05) is 42.5 Å². The van der Waals surface area contributed by atoms with E-state index in [1.54, 1.807) is 19.1 Å². The van der Waals surface area contributed by atoms with Crippen LogP contribution in [0.3, 0.4) is 0 Å². The van der Waals surface area contributed by atoms with Crippen LogP contribution in [0.25, 0.3) is 0 Å². The molecule has 1 heterocycles. The number of methoxy groups -OCH3 is 2. The number of hydrogen-bond donors (Lipinski definition) is 0. The van der Waals surface area contributed by atoms with E-state index >= 15 is 0 Å². The number of carbonyl (C=O) groups excluding carboxylic acids is 1. The second kappa shape index (κ2) is 8.14. The van der Waals surface area contributed by atoms with Crippen molar-refractivity contribution < 1.29 is 23.0 Å². The van der Waals surface area contributed by atoms with Gasteiger partial charge in [0.05, 0.1) is 20.3 Å². The standard InChI is InChI=1S/C24H21F2NO3/c1-29-21-13-16-10-11-27(24(28)17-8-9-19(25)20(26)12-17)23(15-6-4-3-5-7-15)18(16)14-22(21)30-2/h3-9,12-14,23H,10-11H2,1-2H3/t23-/m0/s1. The largest absolute Gasteiger partial charge is 0.493 e. The van der Waals surface area contributed by atoms with Gasteiger partial charge in [-0.1, -0.05) is 30.3 Å². The molecule has 1 aliphatic heterocycles. The minimum Gasteiger partial charge on any atom is -0.493 e. The van der Waals surface area contributed by atoms with E-state index in [0.29, 0.717) is 24.5 Å². The average Bonchev–Trinajstić information content (AvgIpc) is 2.79. The second-order valence-electron chi connectivity index (χ2n) is 7.10. The maximum atomic E-state index is 13.8. The summed E-state index contributed by atoms with van der Waals surface area (Å²) in [6.07, 6.45) is 0.606. The van der Waals surface area contributed by atoms with E-state index in [4.69, 9.17) is 9.47 Å². The third kappa shape index (κ3) is 3.49. The van der Waals surface area contributed by atoms with Gasteiger partial charge < -0.3 is 14.4 Å². The first-order chi connectivity index (χ1) is 14.5. The summed E-state index contributed by atoms with van der Waals surface area (Å²) < 4.78 is 38.0. The number of carbonyl (C=O) groups is 1. The van der Waals surface area contributed by atoms with E-state index in [9.17, 15) is 13.6 Å². The number of rotatable bonds is 4. The minimum atomic E-state index is -1.04. The summed E-state index contributed by atoms with van der Waals surface area (Å²) in [6.45, 7) is 0.430. The van der Waals surface area contributed by atoms with Crippen molar-refractivity contribution in [3.63, 3.8) is 0 Å². The molecule has 4 nitrogen and oxygen atoms in total. The van der Waals surface area contributed by atoms with Crippen LogP contribution in [0.5, 0.6) is 11.5 Å². The molecule has 1 atom stereocenters. The molecule has 154 valence electrons. The summed E-state index contributed by atoms with van der Waals surface area (Å²) in [4.78, 5) is 15.0. The molecule has 0 spiro atoms. The molecule has 0 bridgehead atoms. The number of nitrogens with zero attached hydrogens (tertiary/aromatic N) is 1. The van der Waals surface area contributed by atoms with Crippen LogP contribution >= 0.6 is 0 Å². The molecular formula is C24H21F2NO3. The number of amides is 1. The number of fused-ring (bicyclic) bond motifs is 1. The normalized spacial score (nSPS) is 15.5. The van der Waals surface area contributed by atoms with Gasteiger partial charge >= 0.3 is 0 Å². The SMILES string of the molecule is COc1cc2c(cc1OC)[C@H](c1ccccc1)N(C(=O)c1ccc(F)c(F)c1)CC2. The highest BCUT2D eigenvalue weighted by Crippen LogP contribution is 2.41. The fourth-order valence-corrected chi connectivity index (χ4v) is 3.95. The van der Waals surface area contributed by atoms with Gasteiger partial charge in [0.25, 0.3) is 5.91 Å². The molecule has 0 aromatic heterocycles. The predicted octanol–water partition coefficient (Wildman–Crippen LogP) is 4.77. The molecule has 0 unspecified atom stereocenters. The van der Waals surface area contributed by atoms with Crippen LogP contribution in [0.2, 0.25) is 0 Å². The van der Waals surface area contributed by atoms with Crippen molar-refractivity contribution in [3.05, 3.63) is 94.6 Å². The molecule has 0 saturated heterocycles. The smallest absolute Gasteiger partial charge is 0.254 e. The molecule has 0 aliphatic carbocycles. The van der Waals surface area contributed by atoms with Gasteiger partial charge in [-0.25, -0.2) is 8.78 Å². The highest BCUT2D eigenvalue weighted by molar-refractivity contribution is 5.95. The lowest BCUT2D eigenvalue weighted by atomic mass is 9.87. The molecule has 0 fully saturated rings. The van der Waals surface area contributed by atoms with Gasteiger partial charge in [-0.05, 0) is 53.4 Å². The van der Waals surface area contributed by atoms with E-state index in [0.717, 1.165) is 28.8 Å². The van der Waals surface area contributed by atoms with E-state index in [1.165, 1.54) is 6.07 Å². The lowest BCUT2D eigenvalue weighted by Crippen LogP contribution is -2.40. The molecular weight excluding hydrogens is 388 g/mol. The third-order valence-electron chi connectivity index (χ3n) is 5.42. The molecule has 3 aromatic rings. The third-order valence-corrected chi connectivity index (χ3v) is 5.42. The Balaban J connectivity index is 1.83. The maximum absolute atomic E-state index is 13.8. The lowest BCUT2D eigenvalue weighted by molar-refractivity contribution is 0.0693. The van der Waals surface area contributed by atoms with Crippen LogP contribution < -0.4 is 9.47 Å². The van der Waals surface area contributed by atoms with E-state index < -0.39 is 17.7 Å². The molecule has 6 heteroatoms. The highest BCUT2D eigenvalue weighted by Gasteiger charge is 2.34. The second-order valence-corrected chi connectivity index (χ2v) is 7.10. The summed E-state index contributed by atoms with van der Waals surface area (Å²) in [5.41, 5.74) is 3.00. The molecule has 0 saturated carbocycles. The first-order valence-corrected chi connectivity index (χ1v) is 9.59. The van der Waals surface area contributed by atoms with Crippen LogP contribution in [0.4, 0.5) is 8.78 Å². The van der Waals surface area contributed by atoms with Crippen molar-refractivity contribution in [2.45, 2.75) is 12.5 Å². The summed E-state index contributed by atoms with van der Waals surface area (Å²) in [7, 11) is 3.15. The Kier molecular flexibility index (Phi) is 5.40. The van der Waals surface area contributed by atoms with Crippen LogP contribution in [0.1, 0.15) is 33.1 Å². The predicted molar refractivity (Wildman–Crippen MR) is 109 cm³/mol. The first-order valence-electron chi connectivity index (χ1n) is 9.59. The summed E-state index contributed by atoms with van der Waals surface area (Å²) >= 11 is 0.